The van der Waals surface area contributed by atoms with Gasteiger partial charge < -0.3 is 0 Å². The summed E-state index contributed by atoms with van der Waals surface area (Å²) >= 11 is 11.7. The molecule has 0 fully saturated rings. The highest BCUT2D eigenvalue weighted by Gasteiger charge is 1.97. The molecule has 0 aliphatic rings. The second-order valence-corrected chi connectivity index (χ2v) is 3.60. The van der Waals surface area contributed by atoms with Gasteiger partial charge in [-0.3, -0.25) is 0 Å². The van der Waals surface area contributed by atoms with Crippen LogP contribution in [0.1, 0.15) is 5.56 Å². The van der Waals surface area contributed by atoms with Crippen molar-refractivity contribution in [1.29, 1.82) is 0 Å². The summed E-state index contributed by atoms with van der Waals surface area (Å²) in [6, 6.07) is 5.20. The Bertz CT molecular complexity index is 479. The molecule has 0 unspecified atom stereocenters. The van der Waals surface area contributed by atoms with E-state index in [-0.39, 0.29) is 0 Å². The van der Waals surface area contributed by atoms with Crippen LogP contribution in [0.3, 0.4) is 0 Å². The van der Waals surface area contributed by atoms with Crippen molar-refractivity contribution in [2.75, 3.05) is 0 Å². The van der Waals surface area contributed by atoms with E-state index in [9.17, 15) is 0 Å². The Hall–Kier alpha value is -1.39. The highest BCUT2D eigenvalue weighted by molar-refractivity contribution is 6.36. The summed E-state index contributed by atoms with van der Waals surface area (Å²) < 4.78 is 1.48. The van der Waals surface area contributed by atoms with Crippen LogP contribution < -0.4 is 0 Å². The van der Waals surface area contributed by atoms with Crippen LogP contribution in [0.2, 0.25) is 10.0 Å². The zero-order valence-electron chi connectivity index (χ0n) is 7.51. The van der Waals surface area contributed by atoms with Crippen molar-refractivity contribution < 1.29 is 0 Å². The molecule has 2 aromatic rings. The topological polar surface area (TPSA) is 43.1 Å². The molecule has 0 atom stereocenters. The third kappa shape index (κ3) is 2.55. The summed E-state index contributed by atoms with van der Waals surface area (Å²) in [4.78, 5) is 0. The molecule has 0 radical (unpaired) electrons. The van der Waals surface area contributed by atoms with Gasteiger partial charge in [-0.15, -0.1) is 10.2 Å². The van der Waals surface area contributed by atoms with Gasteiger partial charge in [0.1, 0.15) is 12.7 Å². The normalized spacial score (nSPS) is 11.1. The standard InChI is InChI=1S/C9H6Cl2N4/c10-8-2-1-7(9(11)3-8)4-14-15-5-12-13-6-15/h1-6H/b14-4+. The van der Waals surface area contributed by atoms with Gasteiger partial charge in [0.2, 0.25) is 0 Å². The average Bonchev–Trinajstić information content (AvgIpc) is 2.69. The van der Waals surface area contributed by atoms with E-state index in [2.05, 4.69) is 15.3 Å². The lowest BCUT2D eigenvalue weighted by Gasteiger charge is -1.97. The first-order valence-corrected chi connectivity index (χ1v) is 4.85. The molecule has 4 nitrogen and oxygen atoms in total. The van der Waals surface area contributed by atoms with Crippen molar-refractivity contribution in [3.63, 3.8) is 0 Å². The van der Waals surface area contributed by atoms with Crippen LogP contribution in [-0.2, 0) is 0 Å². The Balaban J connectivity index is 2.24. The van der Waals surface area contributed by atoms with Crippen LogP contribution in [0.15, 0.2) is 36.0 Å². The number of rotatable bonds is 2. The summed E-state index contributed by atoms with van der Waals surface area (Å²) in [5, 5.41) is 12.5. The van der Waals surface area contributed by atoms with Crippen LogP contribution in [0.5, 0.6) is 0 Å². The van der Waals surface area contributed by atoms with Crippen molar-refractivity contribution in [2.45, 2.75) is 0 Å². The molecule has 76 valence electrons. The Kier molecular flexibility index (Phi) is 2.99. The molecular weight excluding hydrogens is 235 g/mol. The monoisotopic (exact) mass is 240 g/mol. The van der Waals surface area contributed by atoms with E-state index in [1.165, 1.54) is 17.3 Å². The molecule has 6 heteroatoms. The lowest BCUT2D eigenvalue weighted by molar-refractivity contribution is 0.878. The van der Waals surface area contributed by atoms with Gasteiger partial charge in [-0.2, -0.15) is 5.10 Å². The van der Waals surface area contributed by atoms with E-state index in [1.54, 1.807) is 24.4 Å². The maximum atomic E-state index is 5.95. The van der Waals surface area contributed by atoms with E-state index in [0.29, 0.717) is 10.0 Å². The predicted octanol–water partition coefficient (Wildman–Crippen LogP) is 2.47. The summed E-state index contributed by atoms with van der Waals surface area (Å²) in [6.07, 6.45) is 4.59. The van der Waals surface area contributed by atoms with Gasteiger partial charge in [0.25, 0.3) is 0 Å². The van der Waals surface area contributed by atoms with Crippen LogP contribution in [-0.4, -0.2) is 21.1 Å². The molecule has 1 heterocycles. The lowest BCUT2D eigenvalue weighted by atomic mass is 10.2. The molecule has 0 aliphatic heterocycles. The van der Waals surface area contributed by atoms with Crippen molar-refractivity contribution in [3.8, 4) is 0 Å². The van der Waals surface area contributed by atoms with Crippen molar-refractivity contribution in [2.24, 2.45) is 5.10 Å². The van der Waals surface area contributed by atoms with Crippen molar-refractivity contribution in [1.82, 2.24) is 14.9 Å². The summed E-state index contributed by atoms with van der Waals surface area (Å²) in [5.41, 5.74) is 0.787. The molecule has 0 saturated carbocycles. The van der Waals surface area contributed by atoms with E-state index < -0.39 is 0 Å². The molecule has 0 amide bonds. The quantitative estimate of drug-likeness (QED) is 0.758. The minimum Gasteiger partial charge on any atom is -0.208 e. The van der Waals surface area contributed by atoms with Gasteiger partial charge in [0, 0.05) is 10.6 Å². The minimum absolute atomic E-state index is 0.555. The van der Waals surface area contributed by atoms with E-state index in [1.807, 2.05) is 0 Å². The Morgan fingerprint density at radius 1 is 1.20 bits per heavy atom. The van der Waals surface area contributed by atoms with Gasteiger partial charge in [-0.05, 0) is 12.1 Å². The van der Waals surface area contributed by atoms with E-state index in [0.717, 1.165) is 5.56 Å². The predicted molar refractivity (Wildman–Crippen MR) is 59.5 cm³/mol. The third-order valence-corrected chi connectivity index (χ3v) is 2.26. The van der Waals surface area contributed by atoms with Crippen LogP contribution in [0.4, 0.5) is 0 Å². The zero-order chi connectivity index (χ0) is 10.7. The molecule has 1 aromatic heterocycles. The number of halogens is 2. The molecule has 0 bridgehead atoms. The largest absolute Gasteiger partial charge is 0.208 e. The second-order valence-electron chi connectivity index (χ2n) is 2.75. The number of hydrogen-bond acceptors (Lipinski definition) is 3. The first kappa shape index (κ1) is 10.1. The Labute approximate surface area is 96.2 Å². The number of nitrogens with zero attached hydrogens (tertiary/aromatic N) is 4. The van der Waals surface area contributed by atoms with E-state index in [4.69, 9.17) is 23.2 Å². The minimum atomic E-state index is 0.555. The molecule has 2 rings (SSSR count). The third-order valence-electron chi connectivity index (χ3n) is 1.70. The fraction of sp³-hybridized carbons (Fsp3) is 0. The summed E-state index contributed by atoms with van der Waals surface area (Å²) in [7, 11) is 0. The molecular formula is C9H6Cl2N4. The van der Waals surface area contributed by atoms with Gasteiger partial charge in [0.15, 0.2) is 0 Å². The van der Waals surface area contributed by atoms with Crippen molar-refractivity contribution >= 4 is 29.4 Å². The van der Waals surface area contributed by atoms with Crippen LogP contribution in [0, 0.1) is 0 Å². The number of benzene rings is 1. The smallest absolute Gasteiger partial charge is 0.141 e. The number of aromatic nitrogens is 3. The Morgan fingerprint density at radius 3 is 2.60 bits per heavy atom. The van der Waals surface area contributed by atoms with Gasteiger partial charge >= 0.3 is 0 Å². The molecule has 15 heavy (non-hydrogen) atoms. The SMILES string of the molecule is Clc1ccc(/C=N/n2cnnc2)c(Cl)c1. The maximum absolute atomic E-state index is 5.95. The Morgan fingerprint density at radius 2 is 1.93 bits per heavy atom. The zero-order valence-corrected chi connectivity index (χ0v) is 9.02. The van der Waals surface area contributed by atoms with Crippen LogP contribution >= 0.6 is 23.2 Å². The summed E-state index contributed by atoms with van der Waals surface area (Å²) in [6.45, 7) is 0. The second kappa shape index (κ2) is 4.42. The fourth-order valence-corrected chi connectivity index (χ4v) is 1.45. The first-order valence-electron chi connectivity index (χ1n) is 4.10. The molecule has 0 N–H and O–H groups in total. The first-order chi connectivity index (χ1) is 7.25. The van der Waals surface area contributed by atoms with Gasteiger partial charge in [-0.1, -0.05) is 29.3 Å². The van der Waals surface area contributed by atoms with Gasteiger partial charge in [-0.25, -0.2) is 4.68 Å². The number of hydrogen-bond donors (Lipinski definition) is 0. The molecule has 0 aliphatic carbocycles. The summed E-state index contributed by atoms with van der Waals surface area (Å²) in [5.74, 6) is 0. The molecule has 1 aromatic carbocycles. The molecule has 0 saturated heterocycles. The highest BCUT2D eigenvalue weighted by atomic mass is 35.5. The highest BCUT2D eigenvalue weighted by Crippen LogP contribution is 2.19. The van der Waals surface area contributed by atoms with Gasteiger partial charge in [0.05, 0.1) is 11.2 Å². The van der Waals surface area contributed by atoms with Crippen LogP contribution in [0.25, 0.3) is 0 Å². The average molecular weight is 241 g/mol. The molecule has 0 spiro atoms. The maximum Gasteiger partial charge on any atom is 0.141 e. The van der Waals surface area contributed by atoms with Crippen molar-refractivity contribution in [3.05, 3.63) is 46.5 Å². The van der Waals surface area contributed by atoms with E-state index >= 15 is 0 Å². The fourth-order valence-electron chi connectivity index (χ4n) is 0.990. The lowest BCUT2D eigenvalue weighted by Crippen LogP contribution is -1.88.